The molecule has 3 aromatic heterocycles. The molecule has 0 unspecified atom stereocenters. The lowest BCUT2D eigenvalue weighted by molar-refractivity contribution is -0.0282. The molecular weight excluding hydrogens is 500 g/mol. The zero-order valence-electron chi connectivity index (χ0n) is 22.0. The Labute approximate surface area is 224 Å². The average molecular weight is 531 g/mol. The lowest BCUT2D eigenvalue weighted by atomic mass is 9.91. The number of piperidine rings is 1. The predicted octanol–water partition coefficient (Wildman–Crippen LogP) is 1.51. The Balaban J connectivity index is 1.38. The van der Waals surface area contributed by atoms with E-state index in [0.717, 1.165) is 11.1 Å². The van der Waals surface area contributed by atoms with Gasteiger partial charge in [-0.25, -0.2) is 14.5 Å². The number of nitrogens with zero attached hydrogens (tertiary/aromatic N) is 7. The number of carbonyl (C=O) groups excluding carboxylic acids is 2. The first kappa shape index (κ1) is 26.0. The second-order valence-corrected chi connectivity index (χ2v) is 9.95. The van der Waals surface area contributed by atoms with E-state index in [1.54, 1.807) is 55.3 Å². The molecule has 202 valence electrons. The monoisotopic (exact) mass is 530 g/mol. The number of nitrogens with one attached hydrogen (secondary N) is 1. The van der Waals surface area contributed by atoms with E-state index < -0.39 is 5.60 Å². The van der Waals surface area contributed by atoms with Gasteiger partial charge in [0.15, 0.2) is 5.65 Å². The number of hydrogen-bond acceptors (Lipinski definition) is 7. The van der Waals surface area contributed by atoms with E-state index in [9.17, 15) is 19.5 Å². The van der Waals surface area contributed by atoms with Gasteiger partial charge in [0.1, 0.15) is 11.7 Å². The van der Waals surface area contributed by atoms with E-state index in [1.165, 1.54) is 22.0 Å². The average Bonchev–Trinajstić information content (AvgIpc) is 3.39. The Hall–Kier alpha value is -4.58. The van der Waals surface area contributed by atoms with Crippen molar-refractivity contribution < 1.29 is 14.7 Å². The van der Waals surface area contributed by atoms with E-state index in [0.29, 0.717) is 48.2 Å². The smallest absolute Gasteiger partial charge is 0.319 e. The molecule has 2 N–H and O–H groups in total. The van der Waals surface area contributed by atoms with Crippen LogP contribution in [0.1, 0.15) is 23.2 Å². The Morgan fingerprint density at radius 3 is 2.46 bits per heavy atom. The predicted molar refractivity (Wildman–Crippen MR) is 145 cm³/mol. The molecular formula is C27H30N8O4. The highest BCUT2D eigenvalue weighted by molar-refractivity contribution is 5.94. The van der Waals surface area contributed by atoms with Crippen LogP contribution in [0.3, 0.4) is 0 Å². The standard InChI is InChI=1S/C27H30N8O4/c1-28-24(36)19-6-4-18(5-7-19)20-12-21(14-29-13-20)35-23-22(15-31-35)25(37)34(17-30-23)16-27(39)8-10-33(11-9-27)26(38)32(2)3/h4-7,12-15,17,39H,8-11,16H2,1-3H3,(H,28,36). The quantitative estimate of drug-likeness (QED) is 0.399. The van der Waals surface area contributed by atoms with Crippen molar-refractivity contribution in [3.63, 3.8) is 0 Å². The molecule has 0 aliphatic carbocycles. The largest absolute Gasteiger partial charge is 0.388 e. The van der Waals surface area contributed by atoms with Gasteiger partial charge in [-0.05, 0) is 36.6 Å². The molecule has 1 saturated heterocycles. The summed E-state index contributed by atoms with van der Waals surface area (Å²) < 4.78 is 2.96. The summed E-state index contributed by atoms with van der Waals surface area (Å²) in [5.74, 6) is -0.162. The molecule has 1 fully saturated rings. The van der Waals surface area contributed by atoms with Gasteiger partial charge < -0.3 is 20.2 Å². The maximum Gasteiger partial charge on any atom is 0.319 e. The van der Waals surface area contributed by atoms with Crippen LogP contribution >= 0.6 is 0 Å². The first-order valence-corrected chi connectivity index (χ1v) is 12.6. The maximum atomic E-state index is 13.3. The van der Waals surface area contributed by atoms with Gasteiger partial charge in [0.25, 0.3) is 11.5 Å². The fourth-order valence-corrected chi connectivity index (χ4v) is 4.78. The molecule has 5 rings (SSSR count). The number of hydrogen-bond donors (Lipinski definition) is 2. The molecule has 39 heavy (non-hydrogen) atoms. The highest BCUT2D eigenvalue weighted by Crippen LogP contribution is 2.25. The van der Waals surface area contributed by atoms with Crippen LogP contribution in [0.5, 0.6) is 0 Å². The van der Waals surface area contributed by atoms with Crippen molar-refractivity contribution >= 4 is 23.0 Å². The third-order valence-electron chi connectivity index (χ3n) is 7.04. The summed E-state index contributed by atoms with van der Waals surface area (Å²) in [6, 6.07) is 8.96. The minimum absolute atomic E-state index is 0.0764. The van der Waals surface area contributed by atoms with Crippen molar-refractivity contribution in [2.45, 2.75) is 25.0 Å². The van der Waals surface area contributed by atoms with Gasteiger partial charge in [0.05, 0.1) is 30.2 Å². The van der Waals surface area contributed by atoms with Crippen LogP contribution in [0.15, 0.2) is 60.0 Å². The zero-order valence-corrected chi connectivity index (χ0v) is 22.0. The molecule has 4 aromatic rings. The summed E-state index contributed by atoms with van der Waals surface area (Å²) >= 11 is 0. The minimum atomic E-state index is -1.12. The highest BCUT2D eigenvalue weighted by Gasteiger charge is 2.35. The van der Waals surface area contributed by atoms with Crippen molar-refractivity contribution in [2.24, 2.45) is 0 Å². The molecule has 4 heterocycles. The number of aromatic nitrogens is 5. The maximum absolute atomic E-state index is 13.3. The first-order chi connectivity index (χ1) is 18.7. The molecule has 0 atom stereocenters. The van der Waals surface area contributed by atoms with Gasteiger partial charge in [-0.1, -0.05) is 12.1 Å². The number of aliphatic hydroxyl groups is 1. The van der Waals surface area contributed by atoms with Gasteiger partial charge in [-0.3, -0.25) is 19.1 Å². The van der Waals surface area contributed by atoms with E-state index in [1.807, 2.05) is 18.2 Å². The second kappa shape index (κ2) is 10.3. The summed E-state index contributed by atoms with van der Waals surface area (Å²) in [5, 5.41) is 18.5. The number of carbonyl (C=O) groups is 2. The third-order valence-corrected chi connectivity index (χ3v) is 7.04. The van der Waals surface area contributed by atoms with E-state index in [4.69, 9.17) is 0 Å². The number of fused-ring (bicyclic) bond motifs is 1. The molecule has 1 aromatic carbocycles. The number of benzene rings is 1. The van der Waals surface area contributed by atoms with Crippen LogP contribution < -0.4 is 10.9 Å². The van der Waals surface area contributed by atoms with Gasteiger partial charge >= 0.3 is 6.03 Å². The van der Waals surface area contributed by atoms with Gasteiger partial charge in [0, 0.05) is 51.6 Å². The van der Waals surface area contributed by atoms with Crippen LogP contribution in [0.25, 0.3) is 27.8 Å². The van der Waals surface area contributed by atoms with E-state index >= 15 is 0 Å². The SMILES string of the molecule is CNC(=O)c1ccc(-c2cncc(-n3ncc4c(=O)n(CC5(O)CCN(C(=O)N(C)C)CC5)cnc43)c2)cc1. The van der Waals surface area contributed by atoms with Crippen LogP contribution in [0.4, 0.5) is 4.79 Å². The Kier molecular flexibility index (Phi) is 6.87. The van der Waals surface area contributed by atoms with Crippen molar-refractivity contribution in [3.05, 3.63) is 71.2 Å². The molecule has 12 heteroatoms. The molecule has 0 spiro atoms. The lowest BCUT2D eigenvalue weighted by Gasteiger charge is -2.39. The number of urea groups is 1. The van der Waals surface area contributed by atoms with Crippen molar-refractivity contribution in [3.8, 4) is 16.8 Å². The van der Waals surface area contributed by atoms with Gasteiger partial charge in [-0.15, -0.1) is 0 Å². The molecule has 3 amide bonds. The summed E-state index contributed by atoms with van der Waals surface area (Å²) in [6.45, 7) is 0.897. The normalized spacial score (nSPS) is 14.8. The molecule has 1 aliphatic rings. The molecule has 1 aliphatic heterocycles. The van der Waals surface area contributed by atoms with Crippen molar-refractivity contribution in [1.29, 1.82) is 0 Å². The summed E-state index contributed by atoms with van der Waals surface area (Å²) in [7, 11) is 4.98. The highest BCUT2D eigenvalue weighted by atomic mass is 16.3. The number of amides is 3. The van der Waals surface area contributed by atoms with Crippen molar-refractivity contribution in [1.82, 2.24) is 39.4 Å². The topological polar surface area (TPSA) is 138 Å². The third kappa shape index (κ3) is 5.10. The second-order valence-electron chi connectivity index (χ2n) is 9.95. The summed E-state index contributed by atoms with van der Waals surface area (Å²) in [4.78, 5) is 49.4. The number of likely N-dealkylation sites (tertiary alicyclic amines) is 1. The minimum Gasteiger partial charge on any atom is -0.388 e. The first-order valence-electron chi connectivity index (χ1n) is 12.6. The molecule has 0 saturated carbocycles. The number of pyridine rings is 1. The molecule has 12 nitrogen and oxygen atoms in total. The van der Waals surface area contributed by atoms with E-state index in [-0.39, 0.29) is 24.0 Å². The summed E-state index contributed by atoms with van der Waals surface area (Å²) in [6.07, 6.45) is 6.95. The lowest BCUT2D eigenvalue weighted by Crippen LogP contribution is -2.51. The summed E-state index contributed by atoms with van der Waals surface area (Å²) in [5.41, 5.74) is 1.82. The van der Waals surface area contributed by atoms with E-state index in [2.05, 4.69) is 20.4 Å². The van der Waals surface area contributed by atoms with Crippen LogP contribution in [0.2, 0.25) is 0 Å². The zero-order chi connectivity index (χ0) is 27.7. The van der Waals surface area contributed by atoms with Crippen LogP contribution in [-0.4, -0.2) is 91.0 Å². The molecule has 0 bridgehead atoms. The van der Waals surface area contributed by atoms with Gasteiger partial charge in [0.2, 0.25) is 0 Å². The van der Waals surface area contributed by atoms with Crippen molar-refractivity contribution in [2.75, 3.05) is 34.2 Å². The Bertz CT molecular complexity index is 1580. The number of rotatable bonds is 5. The molecule has 0 radical (unpaired) electrons. The Morgan fingerprint density at radius 2 is 1.79 bits per heavy atom. The van der Waals surface area contributed by atoms with Crippen LogP contribution in [0, 0.1) is 0 Å². The van der Waals surface area contributed by atoms with Crippen LogP contribution in [-0.2, 0) is 6.54 Å². The van der Waals surface area contributed by atoms with Gasteiger partial charge in [-0.2, -0.15) is 5.10 Å². The fraction of sp³-hybridized carbons (Fsp3) is 0.333. The fourth-order valence-electron chi connectivity index (χ4n) is 4.78. The Morgan fingerprint density at radius 1 is 1.08 bits per heavy atom.